The Morgan fingerprint density at radius 3 is 2.56 bits per heavy atom. The second kappa shape index (κ2) is 7.10. The lowest BCUT2D eigenvalue weighted by molar-refractivity contribution is -0.137. The highest BCUT2D eigenvalue weighted by Gasteiger charge is 2.34. The van der Waals surface area contributed by atoms with Crippen LogP contribution in [0.4, 0.5) is 24.5 Å². The van der Waals surface area contributed by atoms with Crippen molar-refractivity contribution in [3.63, 3.8) is 0 Å². The molecular weight excluding hydrogens is 363 g/mol. The number of hydrogen-bond acceptors (Lipinski definition) is 4. The van der Waals surface area contributed by atoms with Crippen LogP contribution < -0.4 is 10.6 Å². The monoisotopic (exact) mass is 377 g/mol. The zero-order valence-electron chi connectivity index (χ0n) is 14.1. The molecule has 0 saturated heterocycles. The molecule has 140 valence electrons. The van der Waals surface area contributed by atoms with E-state index in [2.05, 4.69) is 15.8 Å². The largest absolute Gasteiger partial charge is 0.418 e. The molecule has 1 heterocycles. The average Bonchev–Trinajstić information content (AvgIpc) is 2.98. The number of anilines is 2. The molecule has 6 nitrogen and oxygen atoms in total. The van der Waals surface area contributed by atoms with Gasteiger partial charge in [-0.1, -0.05) is 17.3 Å². The molecule has 27 heavy (non-hydrogen) atoms. The Kier molecular flexibility index (Phi) is 4.85. The lowest BCUT2D eigenvalue weighted by Gasteiger charge is -2.15. The van der Waals surface area contributed by atoms with Gasteiger partial charge >= 0.3 is 6.18 Å². The predicted octanol–water partition coefficient (Wildman–Crippen LogP) is 3.99. The third-order valence-corrected chi connectivity index (χ3v) is 3.70. The Balaban J connectivity index is 1.83. The van der Waals surface area contributed by atoms with Gasteiger partial charge in [-0.25, -0.2) is 0 Å². The van der Waals surface area contributed by atoms with Crippen LogP contribution in [-0.4, -0.2) is 17.0 Å². The van der Waals surface area contributed by atoms with E-state index in [0.29, 0.717) is 16.7 Å². The summed E-state index contributed by atoms with van der Waals surface area (Å²) in [5.74, 6) is -1.18. The number of fused-ring (bicyclic) bond motifs is 1. The van der Waals surface area contributed by atoms with Crippen molar-refractivity contribution >= 4 is 34.2 Å². The van der Waals surface area contributed by atoms with Crippen LogP contribution in [0.3, 0.4) is 0 Å². The van der Waals surface area contributed by atoms with Gasteiger partial charge in [-0.15, -0.1) is 0 Å². The fourth-order valence-electron chi connectivity index (χ4n) is 2.58. The van der Waals surface area contributed by atoms with Gasteiger partial charge in [0.25, 0.3) is 0 Å². The number of hydrogen-bond donors (Lipinski definition) is 2. The number of rotatable bonds is 4. The van der Waals surface area contributed by atoms with Gasteiger partial charge in [0.05, 0.1) is 17.7 Å². The molecule has 0 aliphatic carbocycles. The molecule has 0 fully saturated rings. The van der Waals surface area contributed by atoms with Crippen molar-refractivity contribution in [1.29, 1.82) is 0 Å². The van der Waals surface area contributed by atoms with Gasteiger partial charge in [0.15, 0.2) is 5.58 Å². The van der Waals surface area contributed by atoms with E-state index in [1.807, 2.05) is 0 Å². The van der Waals surface area contributed by atoms with Gasteiger partial charge in [-0.05, 0) is 30.3 Å². The van der Waals surface area contributed by atoms with Crippen molar-refractivity contribution in [2.75, 3.05) is 10.6 Å². The maximum absolute atomic E-state index is 13.3. The van der Waals surface area contributed by atoms with Crippen molar-refractivity contribution in [1.82, 2.24) is 5.16 Å². The van der Waals surface area contributed by atoms with Gasteiger partial charge in [0, 0.05) is 18.0 Å². The molecule has 9 heteroatoms. The van der Waals surface area contributed by atoms with E-state index in [1.165, 1.54) is 13.0 Å². The number of amides is 2. The van der Waals surface area contributed by atoms with Crippen LogP contribution in [0.5, 0.6) is 0 Å². The van der Waals surface area contributed by atoms with Crippen molar-refractivity contribution in [3.05, 3.63) is 53.7 Å². The summed E-state index contributed by atoms with van der Waals surface area (Å²) in [5, 5.41) is 8.93. The summed E-state index contributed by atoms with van der Waals surface area (Å²) in [7, 11) is 0. The molecular formula is C18H14F3N3O3. The van der Waals surface area contributed by atoms with Crippen molar-refractivity contribution in [2.45, 2.75) is 19.5 Å². The minimum Gasteiger partial charge on any atom is -0.356 e. The smallest absolute Gasteiger partial charge is 0.356 e. The number of nitrogens with zero attached hydrogens (tertiary/aromatic N) is 1. The van der Waals surface area contributed by atoms with Gasteiger partial charge in [0.1, 0.15) is 5.69 Å². The number of carbonyl (C=O) groups excluding carboxylic acids is 2. The maximum Gasteiger partial charge on any atom is 0.418 e. The van der Waals surface area contributed by atoms with E-state index in [0.717, 1.165) is 12.1 Å². The van der Waals surface area contributed by atoms with Crippen molar-refractivity contribution in [2.24, 2.45) is 0 Å². The Bertz CT molecular complexity index is 1010. The predicted molar refractivity (Wildman–Crippen MR) is 92.1 cm³/mol. The molecule has 1 aromatic heterocycles. The molecule has 2 amide bonds. The average molecular weight is 377 g/mol. The fourth-order valence-corrected chi connectivity index (χ4v) is 2.58. The summed E-state index contributed by atoms with van der Waals surface area (Å²) >= 11 is 0. The third-order valence-electron chi connectivity index (χ3n) is 3.70. The SMILES string of the molecule is CC(=O)Nc1ccc(NC(=O)Cc2noc3ccccc23)c(C(F)(F)F)c1. The number of benzene rings is 2. The second-order valence-electron chi connectivity index (χ2n) is 5.79. The molecule has 0 aliphatic heterocycles. The number of halogens is 3. The van der Waals surface area contributed by atoms with Crippen LogP contribution in [-0.2, 0) is 22.2 Å². The highest BCUT2D eigenvalue weighted by molar-refractivity contribution is 5.96. The first-order valence-electron chi connectivity index (χ1n) is 7.86. The summed E-state index contributed by atoms with van der Waals surface area (Å²) in [6, 6.07) is 9.99. The number of alkyl halides is 3. The van der Waals surface area contributed by atoms with Crippen LogP contribution >= 0.6 is 0 Å². The molecule has 0 unspecified atom stereocenters. The normalized spacial score (nSPS) is 11.4. The summed E-state index contributed by atoms with van der Waals surface area (Å²) in [5.41, 5.74) is -0.681. The summed E-state index contributed by atoms with van der Waals surface area (Å²) in [6.45, 7) is 1.19. The third kappa shape index (κ3) is 4.25. The highest BCUT2D eigenvalue weighted by atomic mass is 19.4. The van der Waals surface area contributed by atoms with Crippen LogP contribution in [0.1, 0.15) is 18.2 Å². The molecule has 0 atom stereocenters. The van der Waals surface area contributed by atoms with E-state index in [4.69, 9.17) is 4.52 Å². The lowest BCUT2D eigenvalue weighted by Crippen LogP contribution is -2.19. The Labute approximate surface area is 151 Å². The Morgan fingerprint density at radius 2 is 1.85 bits per heavy atom. The van der Waals surface area contributed by atoms with Gasteiger partial charge < -0.3 is 15.2 Å². The number of nitrogens with one attached hydrogen (secondary N) is 2. The van der Waals surface area contributed by atoms with Crippen LogP contribution in [0.2, 0.25) is 0 Å². The summed E-state index contributed by atoms with van der Waals surface area (Å²) in [4.78, 5) is 23.3. The molecule has 0 spiro atoms. The molecule has 2 N–H and O–H groups in total. The summed E-state index contributed by atoms with van der Waals surface area (Å²) < 4.78 is 45.0. The number of aromatic nitrogens is 1. The first-order chi connectivity index (χ1) is 12.7. The first kappa shape index (κ1) is 18.4. The van der Waals surface area contributed by atoms with Crippen molar-refractivity contribution < 1.29 is 27.3 Å². The van der Waals surface area contributed by atoms with Crippen LogP contribution in [0, 0.1) is 0 Å². The molecule has 0 saturated carbocycles. The molecule has 0 aliphatic rings. The first-order valence-corrected chi connectivity index (χ1v) is 7.86. The van der Waals surface area contributed by atoms with Gasteiger partial charge in [-0.2, -0.15) is 13.2 Å². The number of para-hydroxylation sites is 1. The zero-order chi connectivity index (χ0) is 19.6. The second-order valence-corrected chi connectivity index (χ2v) is 5.79. The van der Waals surface area contributed by atoms with Gasteiger partial charge in [-0.3, -0.25) is 9.59 Å². The Hall–Kier alpha value is -3.36. The minimum atomic E-state index is -4.71. The topological polar surface area (TPSA) is 84.2 Å². The molecule has 2 aromatic carbocycles. The standard InChI is InChI=1S/C18H14F3N3O3/c1-10(25)22-11-6-7-14(13(8-11)18(19,20)21)23-17(26)9-15-12-4-2-3-5-16(12)27-24-15/h2-8H,9H2,1H3,(H,22,25)(H,23,26). The van der Waals surface area contributed by atoms with E-state index in [9.17, 15) is 22.8 Å². The summed E-state index contributed by atoms with van der Waals surface area (Å²) in [6.07, 6.45) is -4.96. The molecule has 0 radical (unpaired) electrons. The van der Waals surface area contributed by atoms with Gasteiger partial charge in [0.2, 0.25) is 11.8 Å². The quantitative estimate of drug-likeness (QED) is 0.720. The minimum absolute atomic E-state index is 0.0182. The van der Waals surface area contributed by atoms with Crippen molar-refractivity contribution in [3.8, 4) is 0 Å². The zero-order valence-corrected chi connectivity index (χ0v) is 14.1. The molecule has 0 bridgehead atoms. The van der Waals surface area contributed by atoms with E-state index < -0.39 is 29.2 Å². The van der Waals surface area contributed by atoms with Crippen LogP contribution in [0.15, 0.2) is 47.0 Å². The molecule has 3 rings (SSSR count). The molecule has 3 aromatic rings. The lowest BCUT2D eigenvalue weighted by atomic mass is 10.1. The van der Waals surface area contributed by atoms with Crippen LogP contribution in [0.25, 0.3) is 11.0 Å². The van der Waals surface area contributed by atoms with E-state index in [1.54, 1.807) is 24.3 Å². The maximum atomic E-state index is 13.3. The van der Waals surface area contributed by atoms with E-state index >= 15 is 0 Å². The Morgan fingerprint density at radius 1 is 1.11 bits per heavy atom. The van der Waals surface area contributed by atoms with E-state index in [-0.39, 0.29) is 12.1 Å². The number of carbonyl (C=O) groups is 2. The fraction of sp³-hybridized carbons (Fsp3) is 0.167. The highest BCUT2D eigenvalue weighted by Crippen LogP contribution is 2.36.